The van der Waals surface area contributed by atoms with E-state index in [1.165, 1.54) is 24.0 Å². The van der Waals surface area contributed by atoms with Crippen molar-refractivity contribution in [1.82, 2.24) is 9.97 Å². The summed E-state index contributed by atoms with van der Waals surface area (Å²) in [6.45, 7) is 6.65. The Balaban J connectivity index is 2.26. The molecule has 1 N–H and O–H groups in total. The average molecular weight is 242 g/mol. The van der Waals surface area contributed by atoms with E-state index in [9.17, 15) is 0 Å². The van der Waals surface area contributed by atoms with Gasteiger partial charge in [-0.25, -0.2) is 4.98 Å². The molecule has 96 valence electrons. The molecule has 0 aliphatic carbocycles. The third-order valence-corrected chi connectivity index (χ3v) is 3.45. The zero-order valence-electron chi connectivity index (χ0n) is 11.5. The Morgan fingerprint density at radius 1 is 1.28 bits per heavy atom. The molecule has 1 heterocycles. The fraction of sp³-hybridized carbons (Fsp3) is 0.438. The Kier molecular flexibility index (Phi) is 4.19. The molecular weight excluding hydrogens is 220 g/mol. The molecule has 2 nitrogen and oxygen atoms in total. The molecule has 1 unspecified atom stereocenters. The zero-order valence-corrected chi connectivity index (χ0v) is 11.5. The van der Waals surface area contributed by atoms with Crippen LogP contribution in [-0.2, 0) is 6.42 Å². The van der Waals surface area contributed by atoms with E-state index in [1.54, 1.807) is 0 Å². The lowest BCUT2D eigenvalue weighted by atomic mass is 9.94. The topological polar surface area (TPSA) is 28.7 Å². The van der Waals surface area contributed by atoms with E-state index >= 15 is 0 Å². The van der Waals surface area contributed by atoms with Crippen molar-refractivity contribution in [3.05, 3.63) is 41.9 Å². The van der Waals surface area contributed by atoms with Crippen LogP contribution in [0.4, 0.5) is 0 Å². The van der Waals surface area contributed by atoms with E-state index in [2.05, 4.69) is 55.0 Å². The molecule has 0 aliphatic heterocycles. The first-order valence-corrected chi connectivity index (χ1v) is 6.88. The van der Waals surface area contributed by atoms with Crippen LogP contribution in [0.1, 0.15) is 50.9 Å². The van der Waals surface area contributed by atoms with E-state index in [0.717, 1.165) is 17.9 Å². The number of hydrogen-bond acceptors (Lipinski definition) is 1. The first kappa shape index (κ1) is 12.9. The van der Waals surface area contributed by atoms with E-state index < -0.39 is 0 Å². The van der Waals surface area contributed by atoms with Crippen molar-refractivity contribution in [3.8, 4) is 11.3 Å². The Morgan fingerprint density at radius 2 is 2.11 bits per heavy atom. The van der Waals surface area contributed by atoms with Gasteiger partial charge in [0.05, 0.1) is 11.9 Å². The van der Waals surface area contributed by atoms with E-state index in [4.69, 9.17) is 0 Å². The summed E-state index contributed by atoms with van der Waals surface area (Å²) in [4.78, 5) is 7.73. The lowest BCUT2D eigenvalue weighted by Crippen LogP contribution is -1.93. The molecule has 2 rings (SSSR count). The van der Waals surface area contributed by atoms with Crippen molar-refractivity contribution in [2.24, 2.45) is 0 Å². The minimum Gasteiger partial charge on any atom is -0.342 e. The first-order chi connectivity index (χ1) is 8.74. The summed E-state index contributed by atoms with van der Waals surface area (Å²) in [6, 6.07) is 8.80. The number of rotatable bonds is 5. The Labute approximate surface area is 109 Å². The second-order valence-electron chi connectivity index (χ2n) is 4.91. The van der Waals surface area contributed by atoms with Gasteiger partial charge in [-0.3, -0.25) is 0 Å². The van der Waals surface area contributed by atoms with Crippen LogP contribution in [0.2, 0.25) is 0 Å². The van der Waals surface area contributed by atoms with Crippen molar-refractivity contribution >= 4 is 0 Å². The van der Waals surface area contributed by atoms with Crippen LogP contribution >= 0.6 is 0 Å². The largest absolute Gasteiger partial charge is 0.342 e. The number of hydrogen-bond donors (Lipinski definition) is 1. The molecule has 0 amide bonds. The van der Waals surface area contributed by atoms with Crippen LogP contribution in [0, 0.1) is 0 Å². The number of nitrogens with zero attached hydrogens (tertiary/aromatic N) is 1. The second-order valence-corrected chi connectivity index (χ2v) is 4.91. The number of aromatic amines is 1. The number of aryl methyl sites for hydroxylation is 1. The Hall–Kier alpha value is -1.57. The van der Waals surface area contributed by atoms with Crippen LogP contribution < -0.4 is 0 Å². The van der Waals surface area contributed by atoms with Gasteiger partial charge in [0.15, 0.2) is 0 Å². The van der Waals surface area contributed by atoms with Gasteiger partial charge in [-0.05, 0) is 29.5 Å². The van der Waals surface area contributed by atoms with Gasteiger partial charge in [0.1, 0.15) is 5.82 Å². The Bertz CT molecular complexity index is 499. The highest BCUT2D eigenvalue weighted by molar-refractivity contribution is 5.59. The van der Waals surface area contributed by atoms with Gasteiger partial charge in [0.2, 0.25) is 0 Å². The normalized spacial score (nSPS) is 12.6. The molecule has 0 radical (unpaired) electrons. The molecule has 18 heavy (non-hydrogen) atoms. The number of H-pyrrole nitrogens is 1. The highest BCUT2D eigenvalue weighted by atomic mass is 14.9. The molecule has 0 fully saturated rings. The third-order valence-electron chi connectivity index (χ3n) is 3.45. The maximum atomic E-state index is 4.37. The van der Waals surface area contributed by atoms with Crippen LogP contribution in [0.25, 0.3) is 11.3 Å². The maximum Gasteiger partial charge on any atom is 0.106 e. The SMILES string of the molecule is CCCC(C)c1cccc(-c2cnc(CC)[nH]2)c1. The molecule has 0 saturated heterocycles. The van der Waals surface area contributed by atoms with E-state index in [1.807, 2.05) is 6.20 Å². The molecule has 0 saturated carbocycles. The predicted molar refractivity (Wildman–Crippen MR) is 76.7 cm³/mol. The molecule has 1 atom stereocenters. The second kappa shape index (κ2) is 5.85. The highest BCUT2D eigenvalue weighted by Gasteiger charge is 2.07. The molecule has 0 aliphatic rings. The van der Waals surface area contributed by atoms with E-state index in [-0.39, 0.29) is 0 Å². The molecule has 1 aromatic heterocycles. The van der Waals surface area contributed by atoms with Gasteiger partial charge >= 0.3 is 0 Å². The van der Waals surface area contributed by atoms with Gasteiger partial charge in [-0.1, -0.05) is 45.4 Å². The summed E-state index contributed by atoms with van der Waals surface area (Å²) in [6.07, 6.45) is 5.36. The molecule has 0 bridgehead atoms. The van der Waals surface area contributed by atoms with Crippen LogP contribution in [0.3, 0.4) is 0 Å². The van der Waals surface area contributed by atoms with Crippen molar-refractivity contribution in [3.63, 3.8) is 0 Å². The molecule has 2 aromatic rings. The number of nitrogens with one attached hydrogen (secondary N) is 1. The van der Waals surface area contributed by atoms with Crippen molar-refractivity contribution < 1.29 is 0 Å². The van der Waals surface area contributed by atoms with Crippen LogP contribution in [0.5, 0.6) is 0 Å². The summed E-state index contributed by atoms with van der Waals surface area (Å²) in [5.74, 6) is 1.68. The third kappa shape index (κ3) is 2.81. The number of benzene rings is 1. The molecular formula is C16H22N2. The predicted octanol–water partition coefficient (Wildman–Crippen LogP) is 4.54. The fourth-order valence-corrected chi connectivity index (χ4v) is 2.30. The molecule has 1 aromatic carbocycles. The molecule has 0 spiro atoms. The lowest BCUT2D eigenvalue weighted by molar-refractivity contribution is 0.665. The number of imidazole rings is 1. The monoisotopic (exact) mass is 242 g/mol. The fourth-order valence-electron chi connectivity index (χ4n) is 2.30. The van der Waals surface area contributed by atoms with Crippen LogP contribution in [-0.4, -0.2) is 9.97 Å². The average Bonchev–Trinajstić information content (AvgIpc) is 2.88. The Morgan fingerprint density at radius 3 is 2.78 bits per heavy atom. The molecule has 2 heteroatoms. The van der Waals surface area contributed by atoms with Gasteiger partial charge in [0.25, 0.3) is 0 Å². The summed E-state index contributed by atoms with van der Waals surface area (Å²) in [5.41, 5.74) is 3.78. The minimum absolute atomic E-state index is 0.628. The van der Waals surface area contributed by atoms with Gasteiger partial charge in [-0.2, -0.15) is 0 Å². The quantitative estimate of drug-likeness (QED) is 0.819. The van der Waals surface area contributed by atoms with E-state index in [0.29, 0.717) is 5.92 Å². The van der Waals surface area contributed by atoms with Gasteiger partial charge in [0, 0.05) is 6.42 Å². The highest BCUT2D eigenvalue weighted by Crippen LogP contribution is 2.25. The summed E-state index contributed by atoms with van der Waals surface area (Å²) in [5, 5.41) is 0. The van der Waals surface area contributed by atoms with Gasteiger partial charge < -0.3 is 4.98 Å². The summed E-state index contributed by atoms with van der Waals surface area (Å²) in [7, 11) is 0. The van der Waals surface area contributed by atoms with Crippen molar-refractivity contribution in [2.75, 3.05) is 0 Å². The lowest BCUT2D eigenvalue weighted by Gasteiger charge is -2.11. The van der Waals surface area contributed by atoms with Crippen molar-refractivity contribution in [1.29, 1.82) is 0 Å². The number of aromatic nitrogens is 2. The van der Waals surface area contributed by atoms with Crippen LogP contribution in [0.15, 0.2) is 30.5 Å². The standard InChI is InChI=1S/C16H22N2/c1-4-7-12(3)13-8-6-9-14(10-13)15-11-17-16(5-2)18-15/h6,8-12H,4-5,7H2,1-3H3,(H,17,18). The maximum absolute atomic E-state index is 4.37. The summed E-state index contributed by atoms with van der Waals surface area (Å²) >= 11 is 0. The van der Waals surface area contributed by atoms with Gasteiger partial charge in [-0.15, -0.1) is 0 Å². The smallest absolute Gasteiger partial charge is 0.106 e. The zero-order chi connectivity index (χ0) is 13.0. The van der Waals surface area contributed by atoms with Crippen molar-refractivity contribution in [2.45, 2.75) is 46.0 Å². The first-order valence-electron chi connectivity index (χ1n) is 6.88. The summed E-state index contributed by atoms with van der Waals surface area (Å²) < 4.78 is 0. The minimum atomic E-state index is 0.628.